The Morgan fingerprint density at radius 1 is 1.19 bits per heavy atom. The number of rotatable bonds is 6. The van der Waals surface area contributed by atoms with Gasteiger partial charge in [-0.15, -0.1) is 11.8 Å². The molecule has 188 valence electrons. The molecule has 1 amide bonds. The summed E-state index contributed by atoms with van der Waals surface area (Å²) in [6, 6.07) is 9.58. The molecule has 36 heavy (non-hydrogen) atoms. The third-order valence-corrected chi connectivity index (χ3v) is 7.95. The standard InChI is InChI=1S/C26H28FN5O3S/c27-18-14-32(9-6-16-5-8-28-20-2-3-21-25(24(16)20)35-12-11-34-21)10-7-19(18)29-13-17-1-4-22-26(30-17)31-23(33)15-36-22/h1-5,8,18-19,29H,6-7,9-15H2,(H,30,31,33). The number of hydrogen-bond donors (Lipinski definition) is 2. The lowest BCUT2D eigenvalue weighted by atomic mass is 10.0. The summed E-state index contributed by atoms with van der Waals surface area (Å²) < 4.78 is 26.8. The topological polar surface area (TPSA) is 88.6 Å². The van der Waals surface area contributed by atoms with E-state index in [0.29, 0.717) is 37.9 Å². The number of hydrogen-bond acceptors (Lipinski definition) is 8. The molecule has 5 heterocycles. The summed E-state index contributed by atoms with van der Waals surface area (Å²) in [6.07, 6.45) is 2.36. The number of anilines is 1. The van der Waals surface area contributed by atoms with Crippen molar-refractivity contribution in [2.24, 2.45) is 0 Å². The lowest BCUT2D eigenvalue weighted by Gasteiger charge is -2.35. The van der Waals surface area contributed by atoms with E-state index in [1.54, 1.807) is 0 Å². The van der Waals surface area contributed by atoms with Crippen molar-refractivity contribution in [2.45, 2.75) is 36.5 Å². The predicted octanol–water partition coefficient (Wildman–Crippen LogP) is 3.19. The monoisotopic (exact) mass is 509 g/mol. The molecule has 1 fully saturated rings. The van der Waals surface area contributed by atoms with E-state index in [1.807, 2.05) is 36.5 Å². The molecule has 2 N–H and O–H groups in total. The first-order valence-electron chi connectivity index (χ1n) is 12.3. The minimum absolute atomic E-state index is 0.0400. The lowest BCUT2D eigenvalue weighted by molar-refractivity contribution is -0.113. The van der Waals surface area contributed by atoms with E-state index in [1.165, 1.54) is 11.8 Å². The summed E-state index contributed by atoms with van der Waals surface area (Å²) in [4.78, 5) is 23.8. The molecule has 0 bridgehead atoms. The molecule has 3 aliphatic heterocycles. The SMILES string of the molecule is O=C1CSc2ccc(CNC3CCN(CCc4ccnc5ccc6c(c45)OCCO6)CC3F)nc2N1. The summed E-state index contributed by atoms with van der Waals surface area (Å²) in [7, 11) is 0. The minimum atomic E-state index is -0.967. The summed E-state index contributed by atoms with van der Waals surface area (Å²) in [5.74, 6) is 2.50. The number of piperidine rings is 1. The number of aromatic nitrogens is 2. The number of carbonyl (C=O) groups excluding carboxylic acids is 1. The number of benzene rings is 1. The number of pyridine rings is 2. The highest BCUT2D eigenvalue weighted by Gasteiger charge is 2.29. The maximum absolute atomic E-state index is 15.1. The van der Waals surface area contributed by atoms with Crippen LogP contribution in [-0.4, -0.2) is 71.6 Å². The van der Waals surface area contributed by atoms with Gasteiger partial charge in [0.2, 0.25) is 5.91 Å². The molecule has 1 aromatic carbocycles. The van der Waals surface area contributed by atoms with Crippen LogP contribution in [0.4, 0.5) is 10.2 Å². The van der Waals surface area contributed by atoms with E-state index in [2.05, 4.69) is 25.5 Å². The van der Waals surface area contributed by atoms with Gasteiger partial charge in [0, 0.05) is 37.3 Å². The first-order valence-corrected chi connectivity index (χ1v) is 13.3. The van der Waals surface area contributed by atoms with E-state index >= 15 is 4.39 Å². The van der Waals surface area contributed by atoms with Gasteiger partial charge >= 0.3 is 0 Å². The molecular weight excluding hydrogens is 481 g/mol. The van der Waals surface area contributed by atoms with Crippen molar-refractivity contribution in [3.05, 3.63) is 47.8 Å². The largest absolute Gasteiger partial charge is 0.486 e. The minimum Gasteiger partial charge on any atom is -0.486 e. The van der Waals surface area contributed by atoms with Gasteiger partial charge in [0.05, 0.1) is 21.9 Å². The summed E-state index contributed by atoms with van der Waals surface area (Å²) in [5, 5.41) is 7.14. The highest BCUT2D eigenvalue weighted by atomic mass is 32.2. The number of fused-ring (bicyclic) bond motifs is 4. The fraction of sp³-hybridized carbons (Fsp3) is 0.423. The van der Waals surface area contributed by atoms with E-state index in [4.69, 9.17) is 9.47 Å². The average molecular weight is 510 g/mol. The maximum atomic E-state index is 15.1. The third kappa shape index (κ3) is 4.85. The van der Waals surface area contributed by atoms with Gasteiger partial charge in [-0.25, -0.2) is 9.37 Å². The van der Waals surface area contributed by atoms with Gasteiger partial charge in [-0.1, -0.05) is 0 Å². The zero-order valence-corrected chi connectivity index (χ0v) is 20.7. The Labute approximate surface area is 213 Å². The van der Waals surface area contributed by atoms with E-state index in [9.17, 15) is 4.79 Å². The highest BCUT2D eigenvalue weighted by molar-refractivity contribution is 8.00. The van der Waals surface area contributed by atoms with Crippen molar-refractivity contribution in [2.75, 3.05) is 43.9 Å². The molecule has 2 aromatic heterocycles. The molecule has 2 unspecified atom stereocenters. The molecule has 10 heteroatoms. The van der Waals surface area contributed by atoms with Crippen LogP contribution in [0.3, 0.4) is 0 Å². The number of thioether (sulfide) groups is 1. The predicted molar refractivity (Wildman–Crippen MR) is 137 cm³/mol. The first-order chi connectivity index (χ1) is 17.6. The second kappa shape index (κ2) is 10.2. The lowest BCUT2D eigenvalue weighted by Crippen LogP contribution is -2.51. The number of alkyl halides is 1. The third-order valence-electron chi connectivity index (χ3n) is 6.90. The van der Waals surface area contributed by atoms with Crippen LogP contribution in [-0.2, 0) is 17.8 Å². The molecule has 6 rings (SSSR count). The van der Waals surface area contributed by atoms with Gasteiger partial charge < -0.3 is 20.1 Å². The molecule has 1 saturated heterocycles. The first kappa shape index (κ1) is 23.4. The van der Waals surface area contributed by atoms with Gasteiger partial charge in [0.15, 0.2) is 11.5 Å². The molecular formula is C26H28FN5O3S. The molecule has 0 spiro atoms. The van der Waals surface area contributed by atoms with Crippen LogP contribution in [0.25, 0.3) is 10.9 Å². The fourth-order valence-electron chi connectivity index (χ4n) is 5.04. The zero-order chi connectivity index (χ0) is 24.5. The Hall–Kier alpha value is -2.95. The van der Waals surface area contributed by atoms with Crippen LogP contribution in [0.5, 0.6) is 11.5 Å². The van der Waals surface area contributed by atoms with Crippen molar-refractivity contribution in [3.63, 3.8) is 0 Å². The van der Waals surface area contributed by atoms with E-state index in [-0.39, 0.29) is 11.9 Å². The molecule has 3 aliphatic rings. The van der Waals surface area contributed by atoms with Gasteiger partial charge in [-0.3, -0.25) is 14.7 Å². The number of halogens is 1. The van der Waals surface area contributed by atoms with Crippen molar-refractivity contribution in [3.8, 4) is 11.5 Å². The van der Waals surface area contributed by atoms with Gasteiger partial charge in [-0.05, 0) is 55.3 Å². The zero-order valence-electron chi connectivity index (χ0n) is 19.8. The Kier molecular flexibility index (Phi) is 6.64. The van der Waals surface area contributed by atoms with Crippen LogP contribution in [0, 0.1) is 0 Å². The Morgan fingerprint density at radius 3 is 3.03 bits per heavy atom. The number of ether oxygens (including phenoxy) is 2. The van der Waals surface area contributed by atoms with Crippen molar-refractivity contribution >= 4 is 34.4 Å². The number of likely N-dealkylation sites (tertiary alicyclic amines) is 1. The number of nitrogens with zero attached hydrogens (tertiary/aromatic N) is 3. The Bertz CT molecular complexity index is 1290. The number of nitrogens with one attached hydrogen (secondary N) is 2. The fourth-order valence-corrected chi connectivity index (χ4v) is 5.80. The number of carbonyl (C=O) groups is 1. The van der Waals surface area contributed by atoms with E-state index < -0.39 is 6.17 Å². The van der Waals surface area contributed by atoms with Gasteiger partial charge in [-0.2, -0.15) is 0 Å². The highest BCUT2D eigenvalue weighted by Crippen LogP contribution is 2.39. The number of amides is 1. The normalized spacial score (nSPS) is 21.8. The van der Waals surface area contributed by atoms with Crippen LogP contribution < -0.4 is 20.1 Å². The van der Waals surface area contributed by atoms with Gasteiger partial charge in [0.25, 0.3) is 0 Å². The van der Waals surface area contributed by atoms with Crippen LogP contribution in [0.15, 0.2) is 41.4 Å². The molecule has 2 atom stereocenters. The van der Waals surface area contributed by atoms with Crippen molar-refractivity contribution < 1.29 is 18.7 Å². The van der Waals surface area contributed by atoms with E-state index in [0.717, 1.165) is 64.5 Å². The average Bonchev–Trinajstić information content (AvgIpc) is 2.91. The molecule has 0 radical (unpaired) electrons. The Balaban J connectivity index is 1.05. The van der Waals surface area contributed by atoms with Crippen molar-refractivity contribution in [1.82, 2.24) is 20.2 Å². The van der Waals surface area contributed by atoms with Crippen LogP contribution in [0.2, 0.25) is 0 Å². The second-order valence-corrected chi connectivity index (χ2v) is 10.3. The molecule has 8 nitrogen and oxygen atoms in total. The maximum Gasteiger partial charge on any atom is 0.235 e. The summed E-state index contributed by atoms with van der Waals surface area (Å²) in [6.45, 7) is 3.52. The Morgan fingerprint density at radius 2 is 2.11 bits per heavy atom. The van der Waals surface area contributed by atoms with Gasteiger partial charge in [0.1, 0.15) is 25.2 Å². The van der Waals surface area contributed by atoms with Crippen LogP contribution in [0.1, 0.15) is 17.7 Å². The summed E-state index contributed by atoms with van der Waals surface area (Å²) in [5.41, 5.74) is 2.82. The van der Waals surface area contributed by atoms with Crippen LogP contribution >= 0.6 is 11.8 Å². The second-order valence-electron chi connectivity index (χ2n) is 9.28. The quantitative estimate of drug-likeness (QED) is 0.524. The molecule has 0 aliphatic carbocycles. The summed E-state index contributed by atoms with van der Waals surface area (Å²) >= 11 is 1.49. The molecule has 0 saturated carbocycles. The smallest absolute Gasteiger partial charge is 0.235 e. The molecule has 3 aromatic rings. The van der Waals surface area contributed by atoms with Crippen molar-refractivity contribution in [1.29, 1.82) is 0 Å².